The summed E-state index contributed by atoms with van der Waals surface area (Å²) in [4.78, 5) is 15.1. The average molecular weight is 239 g/mol. The lowest BCUT2D eigenvalue weighted by molar-refractivity contribution is 0.100. The van der Waals surface area contributed by atoms with E-state index < -0.39 is 5.91 Å². The number of hydrogen-bond acceptors (Lipinski definition) is 7. The fraction of sp³-hybridized carbons (Fsp3) is 0.125. The number of amides is 1. The number of primary amides is 1. The molecule has 2 heterocycles. The molecule has 2 rings (SSSR count). The van der Waals surface area contributed by atoms with Gasteiger partial charge in [0.05, 0.1) is 17.2 Å². The number of nitrogens with two attached hydrogens (primary N) is 2. The minimum Gasteiger partial charge on any atom is -0.397 e. The zero-order valence-corrected chi connectivity index (χ0v) is 8.95. The molecule has 0 aliphatic carbocycles. The maximum Gasteiger partial charge on any atom is 0.260 e. The van der Waals surface area contributed by atoms with Gasteiger partial charge in [0.25, 0.3) is 5.91 Å². The van der Waals surface area contributed by atoms with E-state index >= 15 is 0 Å². The Balaban J connectivity index is 2.05. The number of hydrogen-bond donors (Lipinski definition) is 3. The molecule has 5 N–H and O–H groups in total. The standard InChI is InChI=1S/C8H9N5O2S/c9-4-1-6(16-7(4)8(10)14)11-2-5-12-3-15-13-5/h1,3,11H,2,9H2,(H2,10,14). The van der Waals surface area contributed by atoms with Crippen molar-refractivity contribution in [3.63, 3.8) is 0 Å². The van der Waals surface area contributed by atoms with Crippen molar-refractivity contribution in [2.75, 3.05) is 11.1 Å². The highest BCUT2D eigenvalue weighted by atomic mass is 32.1. The Morgan fingerprint density at radius 3 is 3.00 bits per heavy atom. The summed E-state index contributed by atoms with van der Waals surface area (Å²) in [5.41, 5.74) is 11.1. The quantitative estimate of drug-likeness (QED) is 0.711. The van der Waals surface area contributed by atoms with Crippen molar-refractivity contribution in [1.82, 2.24) is 10.1 Å². The van der Waals surface area contributed by atoms with E-state index in [1.54, 1.807) is 6.07 Å². The number of nitrogen functional groups attached to an aromatic ring is 1. The molecule has 0 aliphatic rings. The highest BCUT2D eigenvalue weighted by molar-refractivity contribution is 7.18. The van der Waals surface area contributed by atoms with Gasteiger partial charge in [-0.05, 0) is 6.07 Å². The van der Waals surface area contributed by atoms with Crippen molar-refractivity contribution in [2.24, 2.45) is 5.73 Å². The fourth-order valence-corrected chi connectivity index (χ4v) is 1.95. The van der Waals surface area contributed by atoms with Gasteiger partial charge in [-0.1, -0.05) is 5.16 Å². The van der Waals surface area contributed by atoms with Gasteiger partial charge in [-0.2, -0.15) is 4.98 Å². The lowest BCUT2D eigenvalue weighted by atomic mass is 10.4. The highest BCUT2D eigenvalue weighted by Gasteiger charge is 2.11. The number of anilines is 2. The molecule has 2 aromatic heterocycles. The molecule has 8 heteroatoms. The summed E-state index contributed by atoms with van der Waals surface area (Å²) in [7, 11) is 0. The molecular weight excluding hydrogens is 230 g/mol. The predicted octanol–water partition coefficient (Wildman–Crippen LogP) is 0.424. The predicted molar refractivity (Wildman–Crippen MR) is 58.9 cm³/mol. The smallest absolute Gasteiger partial charge is 0.260 e. The Morgan fingerprint density at radius 2 is 2.44 bits per heavy atom. The van der Waals surface area contributed by atoms with Crippen molar-refractivity contribution >= 4 is 27.9 Å². The van der Waals surface area contributed by atoms with Gasteiger partial charge in [0.1, 0.15) is 4.88 Å². The Bertz CT molecular complexity index is 493. The Morgan fingerprint density at radius 1 is 1.62 bits per heavy atom. The van der Waals surface area contributed by atoms with Crippen LogP contribution >= 0.6 is 11.3 Å². The van der Waals surface area contributed by atoms with Crippen LogP contribution in [0.4, 0.5) is 10.7 Å². The molecule has 0 saturated carbocycles. The summed E-state index contributed by atoms with van der Waals surface area (Å²) in [6.07, 6.45) is 1.24. The van der Waals surface area contributed by atoms with Crippen molar-refractivity contribution < 1.29 is 9.32 Å². The maximum absolute atomic E-state index is 11.0. The number of thiophene rings is 1. The van der Waals surface area contributed by atoms with E-state index in [0.29, 0.717) is 22.9 Å². The zero-order chi connectivity index (χ0) is 11.5. The van der Waals surface area contributed by atoms with E-state index in [4.69, 9.17) is 11.5 Å². The normalized spacial score (nSPS) is 10.2. The molecule has 0 radical (unpaired) electrons. The number of rotatable bonds is 4. The van der Waals surface area contributed by atoms with E-state index in [2.05, 4.69) is 20.0 Å². The van der Waals surface area contributed by atoms with Crippen molar-refractivity contribution in [1.29, 1.82) is 0 Å². The first-order valence-electron chi connectivity index (χ1n) is 4.35. The van der Waals surface area contributed by atoms with Gasteiger partial charge in [-0.15, -0.1) is 11.3 Å². The van der Waals surface area contributed by atoms with Gasteiger partial charge < -0.3 is 21.3 Å². The van der Waals surface area contributed by atoms with Gasteiger partial charge in [-0.3, -0.25) is 4.79 Å². The van der Waals surface area contributed by atoms with Crippen molar-refractivity contribution in [2.45, 2.75) is 6.54 Å². The summed E-state index contributed by atoms with van der Waals surface area (Å²) in [6, 6.07) is 1.64. The van der Waals surface area contributed by atoms with E-state index in [0.717, 1.165) is 5.00 Å². The summed E-state index contributed by atoms with van der Waals surface area (Å²) in [5.74, 6) is -0.0114. The summed E-state index contributed by atoms with van der Waals surface area (Å²) in [6.45, 7) is 0.397. The molecule has 2 aromatic rings. The monoisotopic (exact) mass is 239 g/mol. The highest BCUT2D eigenvalue weighted by Crippen LogP contribution is 2.28. The SMILES string of the molecule is NC(=O)c1sc(NCc2ncon2)cc1N. The molecule has 0 unspecified atom stereocenters. The molecule has 0 saturated heterocycles. The molecule has 1 amide bonds. The first-order valence-corrected chi connectivity index (χ1v) is 5.16. The minimum atomic E-state index is -0.532. The van der Waals surface area contributed by atoms with Crippen LogP contribution in [-0.4, -0.2) is 16.0 Å². The number of carbonyl (C=O) groups excluding carboxylic acids is 1. The van der Waals surface area contributed by atoms with Crippen LogP contribution in [0.15, 0.2) is 17.0 Å². The zero-order valence-electron chi connectivity index (χ0n) is 8.14. The maximum atomic E-state index is 11.0. The molecule has 0 spiro atoms. The Hall–Kier alpha value is -2.09. The fourth-order valence-electron chi connectivity index (χ4n) is 1.12. The molecule has 0 fully saturated rings. The third-order valence-corrected chi connectivity index (χ3v) is 2.94. The molecular formula is C8H9N5O2S. The summed E-state index contributed by atoms with van der Waals surface area (Å²) >= 11 is 1.19. The van der Waals surface area contributed by atoms with Crippen LogP contribution in [0, 0.1) is 0 Å². The second kappa shape index (κ2) is 4.19. The third-order valence-electron chi connectivity index (χ3n) is 1.81. The van der Waals surface area contributed by atoms with Crippen LogP contribution < -0.4 is 16.8 Å². The van der Waals surface area contributed by atoms with Crippen LogP contribution in [-0.2, 0) is 6.54 Å². The molecule has 0 aliphatic heterocycles. The molecule has 0 bridgehead atoms. The lowest BCUT2D eigenvalue weighted by Gasteiger charge is -1.97. The molecule has 16 heavy (non-hydrogen) atoms. The van der Waals surface area contributed by atoms with Crippen molar-refractivity contribution in [3.8, 4) is 0 Å². The second-order valence-corrected chi connectivity index (χ2v) is 4.01. The third kappa shape index (κ3) is 2.11. The number of aromatic nitrogens is 2. The van der Waals surface area contributed by atoms with Crippen LogP contribution in [0.2, 0.25) is 0 Å². The average Bonchev–Trinajstić information content (AvgIpc) is 2.83. The van der Waals surface area contributed by atoms with Gasteiger partial charge >= 0.3 is 0 Å². The van der Waals surface area contributed by atoms with Crippen molar-refractivity contribution in [3.05, 3.63) is 23.2 Å². The largest absolute Gasteiger partial charge is 0.397 e. The topological polar surface area (TPSA) is 120 Å². The molecule has 0 atom stereocenters. The van der Waals surface area contributed by atoms with Gasteiger partial charge in [-0.25, -0.2) is 0 Å². The second-order valence-electron chi connectivity index (χ2n) is 2.96. The minimum absolute atomic E-state index is 0.343. The summed E-state index contributed by atoms with van der Waals surface area (Å²) in [5, 5.41) is 7.37. The van der Waals surface area contributed by atoms with Gasteiger partial charge in [0.15, 0.2) is 5.82 Å². The first-order chi connectivity index (χ1) is 7.66. The molecule has 7 nitrogen and oxygen atoms in total. The first kappa shape index (κ1) is 10.4. The van der Waals surface area contributed by atoms with Gasteiger partial charge in [0, 0.05) is 0 Å². The number of carbonyl (C=O) groups is 1. The van der Waals surface area contributed by atoms with Crippen LogP contribution in [0.3, 0.4) is 0 Å². The Labute approximate surface area is 94.4 Å². The van der Waals surface area contributed by atoms with Crippen LogP contribution in [0.1, 0.15) is 15.5 Å². The van der Waals surface area contributed by atoms with Crippen LogP contribution in [0.25, 0.3) is 0 Å². The van der Waals surface area contributed by atoms with E-state index in [1.165, 1.54) is 17.7 Å². The van der Waals surface area contributed by atoms with Crippen LogP contribution in [0.5, 0.6) is 0 Å². The molecule has 84 valence electrons. The molecule has 0 aromatic carbocycles. The van der Waals surface area contributed by atoms with E-state index in [1.807, 2.05) is 0 Å². The lowest BCUT2D eigenvalue weighted by Crippen LogP contribution is -2.10. The number of nitrogens with one attached hydrogen (secondary N) is 1. The number of nitrogens with zero attached hydrogens (tertiary/aromatic N) is 2. The van der Waals surface area contributed by atoms with E-state index in [9.17, 15) is 4.79 Å². The Kier molecular flexibility index (Phi) is 2.73. The summed E-state index contributed by atoms with van der Waals surface area (Å²) < 4.78 is 4.57. The van der Waals surface area contributed by atoms with Gasteiger partial charge in [0.2, 0.25) is 6.39 Å². The van der Waals surface area contributed by atoms with E-state index in [-0.39, 0.29) is 0 Å².